The largest absolute Gasteiger partial charge is 0.353 e. The van der Waals surface area contributed by atoms with Crippen LogP contribution < -0.4 is 5.32 Å². The molecule has 2 rings (SSSR count). The summed E-state index contributed by atoms with van der Waals surface area (Å²) in [4.78, 5) is 26.7. The summed E-state index contributed by atoms with van der Waals surface area (Å²) >= 11 is 0. The molecule has 0 bridgehead atoms. The Balaban J connectivity index is 1.88. The lowest BCUT2D eigenvalue weighted by atomic mass is 9.99. The lowest BCUT2D eigenvalue weighted by molar-refractivity contribution is -0.126. The summed E-state index contributed by atoms with van der Waals surface area (Å²) < 4.78 is 0. The quantitative estimate of drug-likeness (QED) is 0.907. The summed E-state index contributed by atoms with van der Waals surface area (Å²) in [6.45, 7) is 7.49. The number of nitrogens with zero attached hydrogens (tertiary/aromatic N) is 1. The number of piperidine rings is 1. The summed E-state index contributed by atoms with van der Waals surface area (Å²) in [7, 11) is 0. The molecule has 1 heterocycles. The Morgan fingerprint density at radius 2 is 1.78 bits per heavy atom. The van der Waals surface area contributed by atoms with E-state index in [1.165, 1.54) is 0 Å². The molecule has 4 heteroatoms. The van der Waals surface area contributed by atoms with E-state index in [9.17, 15) is 9.59 Å². The van der Waals surface area contributed by atoms with Crippen molar-refractivity contribution in [3.05, 3.63) is 35.4 Å². The van der Waals surface area contributed by atoms with Gasteiger partial charge in [0, 0.05) is 30.6 Å². The smallest absolute Gasteiger partial charge is 0.254 e. The van der Waals surface area contributed by atoms with Crippen LogP contribution in [0.1, 0.15) is 55.5 Å². The molecule has 0 aromatic heterocycles. The molecule has 1 aliphatic rings. The highest BCUT2D eigenvalue weighted by molar-refractivity contribution is 5.95. The minimum atomic E-state index is 0.105. The Bertz CT molecular complexity index is 544. The number of aryl methyl sites for hydroxylation is 1. The van der Waals surface area contributed by atoms with Gasteiger partial charge >= 0.3 is 0 Å². The molecular formula is C19H28N2O2. The summed E-state index contributed by atoms with van der Waals surface area (Å²) in [5, 5.41) is 3.15. The van der Waals surface area contributed by atoms with Crippen molar-refractivity contribution in [3.8, 4) is 0 Å². The van der Waals surface area contributed by atoms with Crippen LogP contribution in [0.2, 0.25) is 0 Å². The highest BCUT2D eigenvalue weighted by Crippen LogP contribution is 2.17. The van der Waals surface area contributed by atoms with Gasteiger partial charge in [-0.25, -0.2) is 0 Å². The molecule has 1 aliphatic heterocycles. The fraction of sp³-hybridized carbons (Fsp3) is 0.579. The summed E-state index contributed by atoms with van der Waals surface area (Å²) in [6.07, 6.45) is 3.44. The predicted octanol–water partition coefficient (Wildman–Crippen LogP) is 3.15. The molecule has 0 radical (unpaired) electrons. The normalized spacial score (nSPS) is 15.7. The minimum absolute atomic E-state index is 0.105. The number of nitrogens with one attached hydrogen (secondary N) is 1. The van der Waals surface area contributed by atoms with Gasteiger partial charge in [-0.2, -0.15) is 0 Å². The monoisotopic (exact) mass is 316 g/mol. The third kappa shape index (κ3) is 4.34. The first-order valence-corrected chi connectivity index (χ1v) is 8.72. The van der Waals surface area contributed by atoms with Crippen LogP contribution in [-0.4, -0.2) is 35.8 Å². The zero-order valence-electron chi connectivity index (χ0n) is 14.5. The number of amides is 2. The van der Waals surface area contributed by atoms with E-state index in [2.05, 4.69) is 19.2 Å². The number of hydrogen-bond donors (Lipinski definition) is 1. The molecule has 0 saturated carbocycles. The molecule has 1 aromatic rings. The molecule has 1 aromatic carbocycles. The van der Waals surface area contributed by atoms with E-state index in [-0.39, 0.29) is 23.8 Å². The summed E-state index contributed by atoms with van der Waals surface area (Å²) in [5.74, 6) is 0.383. The molecular weight excluding hydrogens is 288 g/mol. The lowest BCUT2D eigenvalue weighted by Crippen LogP contribution is -2.47. The molecule has 1 N–H and O–H groups in total. The third-order valence-corrected chi connectivity index (χ3v) is 4.86. The number of likely N-dealkylation sites (tertiary alicyclic amines) is 1. The van der Waals surface area contributed by atoms with Crippen molar-refractivity contribution in [1.29, 1.82) is 0 Å². The fourth-order valence-corrected chi connectivity index (χ4v) is 3.19. The van der Waals surface area contributed by atoms with Crippen LogP contribution in [0.25, 0.3) is 0 Å². The van der Waals surface area contributed by atoms with Gasteiger partial charge in [-0.15, -0.1) is 0 Å². The maximum absolute atomic E-state index is 12.6. The Hall–Kier alpha value is -1.84. The van der Waals surface area contributed by atoms with E-state index in [0.717, 1.165) is 36.8 Å². The molecule has 23 heavy (non-hydrogen) atoms. The van der Waals surface area contributed by atoms with E-state index in [1.54, 1.807) is 0 Å². The zero-order chi connectivity index (χ0) is 16.8. The average Bonchev–Trinajstić information content (AvgIpc) is 2.56. The average molecular weight is 316 g/mol. The van der Waals surface area contributed by atoms with E-state index in [4.69, 9.17) is 0 Å². The first-order chi connectivity index (χ1) is 11.1. The van der Waals surface area contributed by atoms with Crippen molar-refractivity contribution in [3.63, 3.8) is 0 Å². The fourth-order valence-electron chi connectivity index (χ4n) is 3.19. The summed E-state index contributed by atoms with van der Waals surface area (Å²) in [5.41, 5.74) is 1.80. The van der Waals surface area contributed by atoms with Gasteiger partial charge in [-0.05, 0) is 44.2 Å². The third-order valence-electron chi connectivity index (χ3n) is 4.86. The lowest BCUT2D eigenvalue weighted by Gasteiger charge is -2.33. The molecule has 0 unspecified atom stereocenters. The van der Waals surface area contributed by atoms with Crippen molar-refractivity contribution in [2.24, 2.45) is 5.92 Å². The highest BCUT2D eigenvalue weighted by atomic mass is 16.2. The second kappa shape index (κ2) is 8.14. The number of rotatable bonds is 5. The maximum atomic E-state index is 12.6. The van der Waals surface area contributed by atoms with Gasteiger partial charge in [0.05, 0.1) is 0 Å². The summed E-state index contributed by atoms with van der Waals surface area (Å²) in [6, 6.07) is 7.91. The number of carbonyl (C=O) groups excluding carboxylic acids is 2. The van der Waals surface area contributed by atoms with E-state index in [0.29, 0.717) is 13.1 Å². The van der Waals surface area contributed by atoms with E-state index in [1.807, 2.05) is 36.1 Å². The number of hydrogen-bond acceptors (Lipinski definition) is 2. The molecule has 4 nitrogen and oxygen atoms in total. The molecule has 1 saturated heterocycles. The first-order valence-electron chi connectivity index (χ1n) is 8.72. The zero-order valence-corrected chi connectivity index (χ0v) is 14.5. The van der Waals surface area contributed by atoms with E-state index >= 15 is 0 Å². The van der Waals surface area contributed by atoms with Crippen LogP contribution in [0.3, 0.4) is 0 Å². The van der Waals surface area contributed by atoms with Crippen molar-refractivity contribution in [1.82, 2.24) is 10.2 Å². The van der Waals surface area contributed by atoms with Crippen molar-refractivity contribution < 1.29 is 9.59 Å². The van der Waals surface area contributed by atoms with Gasteiger partial charge < -0.3 is 10.2 Å². The number of carbonyl (C=O) groups is 2. The second-order valence-corrected chi connectivity index (χ2v) is 6.40. The topological polar surface area (TPSA) is 49.4 Å². The van der Waals surface area contributed by atoms with Crippen molar-refractivity contribution >= 4 is 11.8 Å². The molecule has 0 spiro atoms. The SMILES string of the molecule is CCC(CC)C(=O)NC1CCN(C(=O)c2ccccc2C)CC1. The predicted molar refractivity (Wildman–Crippen MR) is 92.3 cm³/mol. The molecule has 126 valence electrons. The first kappa shape index (κ1) is 17.5. The van der Waals surface area contributed by atoms with Crippen LogP contribution in [0.4, 0.5) is 0 Å². The Kier molecular flexibility index (Phi) is 6.20. The van der Waals surface area contributed by atoms with Gasteiger partial charge in [0.1, 0.15) is 0 Å². The van der Waals surface area contributed by atoms with Crippen molar-refractivity contribution in [2.75, 3.05) is 13.1 Å². The van der Waals surface area contributed by atoms with Gasteiger partial charge in [-0.1, -0.05) is 32.0 Å². The molecule has 0 atom stereocenters. The minimum Gasteiger partial charge on any atom is -0.353 e. The van der Waals surface area contributed by atoms with Gasteiger partial charge in [-0.3, -0.25) is 9.59 Å². The molecule has 2 amide bonds. The Morgan fingerprint density at radius 1 is 1.17 bits per heavy atom. The molecule has 0 aliphatic carbocycles. The van der Waals surface area contributed by atoms with E-state index < -0.39 is 0 Å². The van der Waals surface area contributed by atoms with Crippen LogP contribution in [0.15, 0.2) is 24.3 Å². The molecule has 1 fully saturated rings. The second-order valence-electron chi connectivity index (χ2n) is 6.40. The van der Waals surface area contributed by atoms with Crippen LogP contribution >= 0.6 is 0 Å². The number of benzene rings is 1. The highest BCUT2D eigenvalue weighted by Gasteiger charge is 2.26. The van der Waals surface area contributed by atoms with Crippen LogP contribution in [0, 0.1) is 12.8 Å². The van der Waals surface area contributed by atoms with Crippen LogP contribution in [0.5, 0.6) is 0 Å². The van der Waals surface area contributed by atoms with Gasteiger partial charge in [0.15, 0.2) is 0 Å². The van der Waals surface area contributed by atoms with Crippen molar-refractivity contribution in [2.45, 2.75) is 52.5 Å². The van der Waals surface area contributed by atoms with Gasteiger partial charge in [0.2, 0.25) is 5.91 Å². The Labute approximate surface area is 139 Å². The Morgan fingerprint density at radius 3 is 2.35 bits per heavy atom. The maximum Gasteiger partial charge on any atom is 0.254 e. The van der Waals surface area contributed by atoms with Crippen LogP contribution in [-0.2, 0) is 4.79 Å². The standard InChI is InChI=1S/C19H28N2O2/c1-4-15(5-2)18(22)20-16-10-12-21(13-11-16)19(23)17-9-7-6-8-14(17)3/h6-9,15-16H,4-5,10-13H2,1-3H3,(H,20,22). The van der Waals surface area contributed by atoms with Gasteiger partial charge in [0.25, 0.3) is 5.91 Å².